The molecule has 106 valence electrons. The Labute approximate surface area is 129 Å². The van der Waals surface area contributed by atoms with Crippen molar-refractivity contribution < 1.29 is 0 Å². The highest BCUT2D eigenvalue weighted by molar-refractivity contribution is 6.32. The Morgan fingerprint density at radius 1 is 1.19 bits per heavy atom. The molecule has 1 atom stereocenters. The number of anilines is 2. The zero-order valence-corrected chi connectivity index (χ0v) is 12.3. The van der Waals surface area contributed by atoms with Gasteiger partial charge in [-0.3, -0.25) is 0 Å². The normalized spacial score (nSPS) is 17.5. The van der Waals surface area contributed by atoms with Crippen LogP contribution in [0.1, 0.15) is 12.0 Å². The van der Waals surface area contributed by atoms with Gasteiger partial charge in [-0.25, -0.2) is 0 Å². The van der Waals surface area contributed by atoms with Gasteiger partial charge in [-0.15, -0.1) is 0 Å². The Kier molecular flexibility index (Phi) is 3.98. The van der Waals surface area contributed by atoms with E-state index in [4.69, 9.17) is 16.9 Å². The first kappa shape index (κ1) is 13.8. The maximum atomic E-state index is 8.92. The van der Waals surface area contributed by atoms with Crippen LogP contribution >= 0.6 is 11.6 Å². The molecule has 1 saturated heterocycles. The summed E-state index contributed by atoms with van der Waals surface area (Å²) in [5.41, 5.74) is 2.76. The minimum absolute atomic E-state index is 0.432. The predicted molar refractivity (Wildman–Crippen MR) is 86.8 cm³/mol. The van der Waals surface area contributed by atoms with Gasteiger partial charge in [0.2, 0.25) is 0 Å². The van der Waals surface area contributed by atoms with Gasteiger partial charge in [-0.2, -0.15) is 5.26 Å². The average molecular weight is 298 g/mol. The fraction of sp³-hybridized carbons (Fsp3) is 0.235. The van der Waals surface area contributed by atoms with Gasteiger partial charge in [0, 0.05) is 30.5 Å². The molecule has 1 N–H and O–H groups in total. The molecule has 1 unspecified atom stereocenters. The number of halogens is 1. The van der Waals surface area contributed by atoms with Crippen molar-refractivity contribution in [1.29, 1.82) is 5.26 Å². The Morgan fingerprint density at radius 2 is 2.00 bits per heavy atom. The number of nitriles is 1. The van der Waals surface area contributed by atoms with E-state index >= 15 is 0 Å². The molecule has 1 heterocycles. The van der Waals surface area contributed by atoms with E-state index in [0.717, 1.165) is 30.9 Å². The molecule has 0 radical (unpaired) electrons. The predicted octanol–water partition coefficient (Wildman–Crippen LogP) is 3.90. The molecule has 0 amide bonds. The lowest BCUT2D eigenvalue weighted by molar-refractivity contribution is 0.807. The minimum Gasteiger partial charge on any atom is -0.380 e. The van der Waals surface area contributed by atoms with E-state index in [1.165, 1.54) is 0 Å². The summed E-state index contributed by atoms with van der Waals surface area (Å²) < 4.78 is 0. The molecule has 0 spiro atoms. The van der Waals surface area contributed by atoms with Crippen LogP contribution < -0.4 is 10.2 Å². The fourth-order valence-corrected chi connectivity index (χ4v) is 2.89. The van der Waals surface area contributed by atoms with E-state index in [1.807, 2.05) is 30.3 Å². The molecule has 21 heavy (non-hydrogen) atoms. The lowest BCUT2D eigenvalue weighted by Gasteiger charge is -2.20. The van der Waals surface area contributed by atoms with Crippen LogP contribution in [0.4, 0.5) is 11.4 Å². The number of hydrogen-bond acceptors (Lipinski definition) is 3. The van der Waals surface area contributed by atoms with Crippen LogP contribution in [-0.2, 0) is 0 Å². The van der Waals surface area contributed by atoms with Crippen molar-refractivity contribution in [2.75, 3.05) is 23.3 Å². The number of nitrogens with one attached hydrogen (secondary N) is 1. The van der Waals surface area contributed by atoms with E-state index in [1.54, 1.807) is 6.07 Å². The number of nitrogens with zero attached hydrogens (tertiary/aromatic N) is 2. The minimum atomic E-state index is 0.432. The Bertz CT molecular complexity index is 663. The van der Waals surface area contributed by atoms with E-state index in [9.17, 15) is 0 Å². The van der Waals surface area contributed by atoms with Crippen molar-refractivity contribution in [3.63, 3.8) is 0 Å². The van der Waals surface area contributed by atoms with Crippen LogP contribution in [0.3, 0.4) is 0 Å². The molecule has 0 saturated carbocycles. The molecule has 1 aliphatic heterocycles. The third-order valence-corrected chi connectivity index (χ3v) is 4.08. The number of para-hydroxylation sites is 1. The highest BCUT2D eigenvalue weighted by Gasteiger charge is 2.22. The molecule has 3 rings (SSSR count). The third kappa shape index (κ3) is 3.12. The summed E-state index contributed by atoms with van der Waals surface area (Å²) in [6.45, 7) is 1.93. The molecular formula is C17H16ClN3. The maximum Gasteiger partial charge on any atom is 0.101 e. The summed E-state index contributed by atoms with van der Waals surface area (Å²) in [4.78, 5) is 2.30. The first-order valence-electron chi connectivity index (χ1n) is 7.02. The van der Waals surface area contributed by atoms with Crippen LogP contribution in [0.15, 0.2) is 48.5 Å². The van der Waals surface area contributed by atoms with Gasteiger partial charge in [-0.1, -0.05) is 29.8 Å². The topological polar surface area (TPSA) is 39.1 Å². The molecule has 1 fully saturated rings. The summed E-state index contributed by atoms with van der Waals surface area (Å²) in [6, 6.07) is 18.4. The third-order valence-electron chi connectivity index (χ3n) is 3.77. The van der Waals surface area contributed by atoms with Crippen LogP contribution in [0.5, 0.6) is 0 Å². The Hall–Kier alpha value is -2.18. The van der Waals surface area contributed by atoms with Gasteiger partial charge >= 0.3 is 0 Å². The lowest BCUT2D eigenvalue weighted by atomic mass is 10.2. The summed E-state index contributed by atoms with van der Waals surface area (Å²) >= 11 is 6.11. The molecule has 3 nitrogen and oxygen atoms in total. The second-order valence-electron chi connectivity index (χ2n) is 5.22. The molecular weight excluding hydrogens is 282 g/mol. The van der Waals surface area contributed by atoms with Gasteiger partial charge in [0.25, 0.3) is 0 Å². The number of benzene rings is 2. The number of hydrogen-bond donors (Lipinski definition) is 1. The second-order valence-corrected chi connectivity index (χ2v) is 5.63. The van der Waals surface area contributed by atoms with Gasteiger partial charge < -0.3 is 10.2 Å². The van der Waals surface area contributed by atoms with Crippen LogP contribution in [0.25, 0.3) is 0 Å². The fourth-order valence-electron chi connectivity index (χ4n) is 2.67. The first-order chi connectivity index (χ1) is 10.3. The van der Waals surface area contributed by atoms with E-state index < -0.39 is 0 Å². The summed E-state index contributed by atoms with van der Waals surface area (Å²) in [5.74, 6) is 0. The van der Waals surface area contributed by atoms with Gasteiger partial charge in [0.1, 0.15) is 6.07 Å². The highest BCUT2D eigenvalue weighted by atomic mass is 35.5. The summed E-state index contributed by atoms with van der Waals surface area (Å²) in [5, 5.41) is 13.0. The van der Waals surface area contributed by atoms with Crippen molar-refractivity contribution in [1.82, 2.24) is 0 Å². The molecule has 0 aliphatic carbocycles. The Morgan fingerprint density at radius 3 is 2.71 bits per heavy atom. The molecule has 0 bridgehead atoms. The lowest BCUT2D eigenvalue weighted by Crippen LogP contribution is -2.25. The van der Waals surface area contributed by atoms with E-state index in [2.05, 4.69) is 28.4 Å². The quantitative estimate of drug-likeness (QED) is 0.934. The van der Waals surface area contributed by atoms with Crippen molar-refractivity contribution in [2.45, 2.75) is 12.5 Å². The standard InChI is InChI=1S/C17H16ClN3/c18-17-10-16(7-6-13(17)11-19)21-9-8-15(12-21)20-14-4-2-1-3-5-14/h1-7,10,15,20H,8-9,12H2. The molecule has 1 aliphatic rings. The van der Waals surface area contributed by atoms with E-state index in [0.29, 0.717) is 16.6 Å². The summed E-state index contributed by atoms with van der Waals surface area (Å²) in [7, 11) is 0. The van der Waals surface area contributed by atoms with Crippen molar-refractivity contribution in [3.8, 4) is 6.07 Å². The van der Waals surface area contributed by atoms with Crippen molar-refractivity contribution >= 4 is 23.0 Å². The summed E-state index contributed by atoms with van der Waals surface area (Å²) in [6.07, 6.45) is 1.09. The van der Waals surface area contributed by atoms with Crippen LogP contribution in [0, 0.1) is 11.3 Å². The van der Waals surface area contributed by atoms with Gasteiger partial charge in [0.15, 0.2) is 0 Å². The average Bonchev–Trinajstić information content (AvgIpc) is 2.97. The second kappa shape index (κ2) is 6.07. The van der Waals surface area contributed by atoms with Crippen molar-refractivity contribution in [3.05, 3.63) is 59.1 Å². The largest absolute Gasteiger partial charge is 0.380 e. The molecule has 4 heteroatoms. The maximum absolute atomic E-state index is 8.92. The Balaban J connectivity index is 1.67. The zero-order valence-electron chi connectivity index (χ0n) is 11.6. The first-order valence-corrected chi connectivity index (χ1v) is 7.40. The highest BCUT2D eigenvalue weighted by Crippen LogP contribution is 2.27. The SMILES string of the molecule is N#Cc1ccc(N2CCC(Nc3ccccc3)C2)cc1Cl. The monoisotopic (exact) mass is 297 g/mol. The van der Waals surface area contributed by atoms with Crippen LogP contribution in [0.2, 0.25) is 5.02 Å². The van der Waals surface area contributed by atoms with E-state index in [-0.39, 0.29) is 0 Å². The molecule has 2 aromatic rings. The molecule has 2 aromatic carbocycles. The van der Waals surface area contributed by atoms with Gasteiger partial charge in [-0.05, 0) is 36.8 Å². The zero-order chi connectivity index (χ0) is 14.7. The smallest absolute Gasteiger partial charge is 0.101 e. The van der Waals surface area contributed by atoms with Crippen LogP contribution in [-0.4, -0.2) is 19.1 Å². The van der Waals surface area contributed by atoms with Gasteiger partial charge in [0.05, 0.1) is 10.6 Å². The number of rotatable bonds is 3. The molecule has 0 aromatic heterocycles. The van der Waals surface area contributed by atoms with Crippen molar-refractivity contribution in [2.24, 2.45) is 0 Å².